The molecular weight excluding hydrogens is 374 g/mol. The summed E-state index contributed by atoms with van der Waals surface area (Å²) in [6.45, 7) is 6.50. The van der Waals surface area contributed by atoms with Crippen LogP contribution < -0.4 is 19.5 Å². The minimum absolute atomic E-state index is 0.215. The lowest BCUT2D eigenvalue weighted by atomic mass is 10.0. The van der Waals surface area contributed by atoms with Gasteiger partial charge < -0.3 is 24.3 Å². The fraction of sp³-hybridized carbons (Fsp3) is 0.364. The van der Waals surface area contributed by atoms with E-state index < -0.39 is 18.0 Å². The van der Waals surface area contributed by atoms with Gasteiger partial charge in [0.1, 0.15) is 13.2 Å². The Labute approximate surface area is 169 Å². The number of rotatable bonds is 6. The number of amides is 1. The molecule has 7 heteroatoms. The molecule has 0 aromatic heterocycles. The molecule has 1 aliphatic heterocycles. The predicted octanol–water partition coefficient (Wildman–Crippen LogP) is 3.77. The number of esters is 1. The zero-order valence-corrected chi connectivity index (χ0v) is 17.0. The highest BCUT2D eigenvalue weighted by molar-refractivity contribution is 5.97. The fourth-order valence-corrected chi connectivity index (χ4v) is 2.87. The monoisotopic (exact) mass is 399 g/mol. The Morgan fingerprint density at radius 1 is 1.03 bits per heavy atom. The van der Waals surface area contributed by atoms with Crippen LogP contribution in [0.5, 0.6) is 17.2 Å². The van der Waals surface area contributed by atoms with Crippen molar-refractivity contribution >= 4 is 17.6 Å². The fourth-order valence-electron chi connectivity index (χ4n) is 2.87. The van der Waals surface area contributed by atoms with Gasteiger partial charge in [-0.2, -0.15) is 0 Å². The van der Waals surface area contributed by atoms with Crippen LogP contribution in [-0.4, -0.2) is 38.3 Å². The van der Waals surface area contributed by atoms with Crippen molar-refractivity contribution in [1.82, 2.24) is 0 Å². The van der Waals surface area contributed by atoms with E-state index in [1.165, 1.54) is 31.7 Å². The van der Waals surface area contributed by atoms with Gasteiger partial charge in [-0.3, -0.25) is 4.79 Å². The number of benzene rings is 2. The average molecular weight is 399 g/mol. The maximum atomic E-state index is 12.5. The van der Waals surface area contributed by atoms with Crippen molar-refractivity contribution in [2.45, 2.75) is 32.8 Å². The van der Waals surface area contributed by atoms with Crippen LogP contribution in [0, 0.1) is 0 Å². The first-order chi connectivity index (χ1) is 13.9. The van der Waals surface area contributed by atoms with Gasteiger partial charge in [-0.15, -0.1) is 0 Å². The summed E-state index contributed by atoms with van der Waals surface area (Å²) in [7, 11) is 1.48. The smallest absolute Gasteiger partial charge is 0.339 e. The zero-order valence-electron chi connectivity index (χ0n) is 17.0. The van der Waals surface area contributed by atoms with E-state index in [-0.39, 0.29) is 5.56 Å². The van der Waals surface area contributed by atoms with Crippen LogP contribution >= 0.6 is 0 Å². The van der Waals surface area contributed by atoms with E-state index in [4.69, 9.17) is 18.9 Å². The van der Waals surface area contributed by atoms with Crippen molar-refractivity contribution in [2.75, 3.05) is 25.6 Å². The molecule has 0 bridgehead atoms. The second-order valence-electron chi connectivity index (χ2n) is 7.02. The molecule has 0 spiro atoms. The lowest BCUT2D eigenvalue weighted by Gasteiger charge is -2.21. The van der Waals surface area contributed by atoms with Gasteiger partial charge in [0.2, 0.25) is 5.75 Å². The lowest BCUT2D eigenvalue weighted by molar-refractivity contribution is -0.123. The van der Waals surface area contributed by atoms with Gasteiger partial charge in [-0.25, -0.2) is 4.79 Å². The maximum absolute atomic E-state index is 12.5. The van der Waals surface area contributed by atoms with Crippen LogP contribution in [0.25, 0.3) is 0 Å². The summed E-state index contributed by atoms with van der Waals surface area (Å²) in [5.74, 6) is 0.563. The molecule has 0 saturated carbocycles. The van der Waals surface area contributed by atoms with E-state index in [9.17, 15) is 9.59 Å². The van der Waals surface area contributed by atoms with Gasteiger partial charge in [0.15, 0.2) is 17.6 Å². The summed E-state index contributed by atoms with van der Waals surface area (Å²) < 4.78 is 21.6. The average Bonchev–Trinajstić information content (AvgIpc) is 2.73. The first-order valence-electron chi connectivity index (χ1n) is 9.48. The van der Waals surface area contributed by atoms with Gasteiger partial charge in [-0.05, 0) is 42.7 Å². The van der Waals surface area contributed by atoms with Gasteiger partial charge >= 0.3 is 5.97 Å². The third kappa shape index (κ3) is 4.80. The van der Waals surface area contributed by atoms with Crippen LogP contribution in [0.3, 0.4) is 0 Å². The number of fused-ring (bicyclic) bond motifs is 1. The lowest BCUT2D eigenvalue weighted by Crippen LogP contribution is -2.30. The number of carbonyl (C=O) groups excluding carboxylic acids is 2. The normalized spacial score (nSPS) is 13.6. The SMILES string of the molecule is COc1cc(C(=O)O[C@@H](C)C(=O)Nc2ccc(C(C)C)cc2)cc2c1OCCO2. The van der Waals surface area contributed by atoms with Crippen molar-refractivity contribution in [3.8, 4) is 17.2 Å². The zero-order chi connectivity index (χ0) is 21.0. The van der Waals surface area contributed by atoms with Crippen molar-refractivity contribution in [3.05, 3.63) is 47.5 Å². The summed E-state index contributed by atoms with van der Waals surface area (Å²) in [5.41, 5.74) is 2.03. The third-order valence-corrected chi connectivity index (χ3v) is 4.56. The number of hydrogen-bond donors (Lipinski definition) is 1. The minimum Gasteiger partial charge on any atom is -0.493 e. The van der Waals surface area contributed by atoms with Gasteiger partial charge in [0.05, 0.1) is 12.7 Å². The van der Waals surface area contributed by atoms with Gasteiger partial charge in [-0.1, -0.05) is 26.0 Å². The van der Waals surface area contributed by atoms with Crippen molar-refractivity contribution in [2.24, 2.45) is 0 Å². The number of anilines is 1. The molecule has 1 heterocycles. The van der Waals surface area contributed by atoms with Gasteiger partial charge in [0, 0.05) is 5.69 Å². The molecule has 1 aliphatic rings. The molecule has 3 rings (SSSR count). The Bertz CT molecular complexity index is 874. The molecule has 29 heavy (non-hydrogen) atoms. The Kier molecular flexibility index (Phi) is 6.26. The van der Waals surface area contributed by atoms with Crippen molar-refractivity contribution in [3.63, 3.8) is 0 Å². The quantitative estimate of drug-likeness (QED) is 0.745. The van der Waals surface area contributed by atoms with Crippen LogP contribution in [0.15, 0.2) is 36.4 Å². The topological polar surface area (TPSA) is 83.1 Å². The van der Waals surface area contributed by atoms with E-state index in [0.717, 1.165) is 0 Å². The molecule has 0 saturated heterocycles. The number of carbonyl (C=O) groups is 2. The van der Waals surface area contributed by atoms with Crippen LogP contribution in [0.2, 0.25) is 0 Å². The van der Waals surface area contributed by atoms with Crippen LogP contribution in [0.1, 0.15) is 42.6 Å². The van der Waals surface area contributed by atoms with E-state index in [0.29, 0.717) is 42.1 Å². The first-order valence-corrected chi connectivity index (χ1v) is 9.48. The predicted molar refractivity (Wildman–Crippen MR) is 108 cm³/mol. The molecular formula is C22H25NO6. The molecule has 0 unspecified atom stereocenters. The second kappa shape index (κ2) is 8.86. The van der Waals surface area contributed by atoms with Gasteiger partial charge in [0.25, 0.3) is 5.91 Å². The Morgan fingerprint density at radius 2 is 1.72 bits per heavy atom. The summed E-state index contributed by atoms with van der Waals surface area (Å²) in [5, 5.41) is 2.75. The molecule has 2 aromatic carbocycles. The summed E-state index contributed by atoms with van der Waals surface area (Å²) in [6.07, 6.45) is -0.980. The third-order valence-electron chi connectivity index (χ3n) is 4.56. The molecule has 7 nitrogen and oxygen atoms in total. The van der Waals surface area contributed by atoms with E-state index in [1.807, 2.05) is 24.3 Å². The molecule has 1 N–H and O–H groups in total. The van der Waals surface area contributed by atoms with Crippen LogP contribution in [-0.2, 0) is 9.53 Å². The first kappa shape index (κ1) is 20.5. The minimum atomic E-state index is -0.980. The van der Waals surface area contributed by atoms with Crippen molar-refractivity contribution in [1.29, 1.82) is 0 Å². The standard InChI is InChI=1S/C22H25NO6/c1-13(2)15-5-7-17(8-6-15)23-21(24)14(3)29-22(25)16-11-18(26-4)20-19(12-16)27-9-10-28-20/h5-8,11-14H,9-10H2,1-4H3,(H,23,24)/t14-/m0/s1. The number of nitrogens with one attached hydrogen (secondary N) is 1. The molecule has 0 aliphatic carbocycles. The number of hydrogen-bond acceptors (Lipinski definition) is 6. The maximum Gasteiger partial charge on any atom is 0.339 e. The van der Waals surface area contributed by atoms with E-state index >= 15 is 0 Å². The van der Waals surface area contributed by atoms with E-state index in [1.54, 1.807) is 0 Å². The highest BCUT2D eigenvalue weighted by Gasteiger charge is 2.24. The molecule has 0 fully saturated rings. The number of methoxy groups -OCH3 is 1. The molecule has 2 aromatic rings. The number of ether oxygens (including phenoxy) is 4. The molecule has 154 valence electrons. The van der Waals surface area contributed by atoms with Crippen LogP contribution in [0.4, 0.5) is 5.69 Å². The Morgan fingerprint density at radius 3 is 2.38 bits per heavy atom. The van der Waals surface area contributed by atoms with Crippen molar-refractivity contribution < 1.29 is 28.5 Å². The summed E-state index contributed by atoms with van der Waals surface area (Å²) >= 11 is 0. The summed E-state index contributed by atoms with van der Waals surface area (Å²) in [6, 6.07) is 10.6. The van der Waals surface area contributed by atoms with E-state index in [2.05, 4.69) is 19.2 Å². The summed E-state index contributed by atoms with van der Waals surface area (Å²) in [4.78, 5) is 24.9. The molecule has 1 atom stereocenters. The largest absolute Gasteiger partial charge is 0.493 e. The second-order valence-corrected chi connectivity index (χ2v) is 7.02. The Hall–Kier alpha value is -3.22. The molecule has 1 amide bonds. The molecule has 0 radical (unpaired) electrons. The highest BCUT2D eigenvalue weighted by atomic mass is 16.6. The Balaban J connectivity index is 1.66. The highest BCUT2D eigenvalue weighted by Crippen LogP contribution is 2.40.